The molecule has 1 fully saturated rings. The van der Waals surface area contributed by atoms with Crippen molar-refractivity contribution in [3.8, 4) is 0 Å². The Morgan fingerprint density at radius 1 is 1.37 bits per heavy atom. The van der Waals surface area contributed by atoms with Crippen LogP contribution in [0.5, 0.6) is 0 Å². The largest absolute Gasteiger partial charge is 0.350 e. The summed E-state index contributed by atoms with van der Waals surface area (Å²) in [6.07, 6.45) is 15.6. The molecule has 0 atom stereocenters. The van der Waals surface area contributed by atoms with E-state index in [0.717, 1.165) is 18.5 Å². The monoisotopic (exact) mass is 422 g/mol. The molecule has 0 aromatic carbocycles. The number of allylic oxidation sites excluding steroid dienone is 2. The zero-order chi connectivity index (χ0) is 21.4. The summed E-state index contributed by atoms with van der Waals surface area (Å²) < 4.78 is 0. The van der Waals surface area contributed by atoms with E-state index in [1.165, 1.54) is 36.2 Å². The van der Waals surface area contributed by atoms with Gasteiger partial charge in [-0.25, -0.2) is 4.98 Å². The van der Waals surface area contributed by atoms with Crippen LogP contribution in [0.1, 0.15) is 71.9 Å². The van der Waals surface area contributed by atoms with Gasteiger partial charge in [-0.15, -0.1) is 11.3 Å². The van der Waals surface area contributed by atoms with Crippen LogP contribution < -0.4 is 5.32 Å². The van der Waals surface area contributed by atoms with Crippen molar-refractivity contribution in [2.75, 3.05) is 6.54 Å². The molecular weight excluding hydrogens is 392 g/mol. The number of hydrogen-bond donors (Lipinski definition) is 1. The molecule has 0 radical (unpaired) electrons. The maximum Gasteiger partial charge on any atom is 0.263 e. The quantitative estimate of drug-likeness (QED) is 0.583. The number of pyridine rings is 1. The molecule has 2 heterocycles. The third-order valence-corrected chi connectivity index (χ3v) is 6.81. The molecule has 0 bridgehead atoms. The van der Waals surface area contributed by atoms with Crippen LogP contribution in [0.3, 0.4) is 0 Å². The van der Waals surface area contributed by atoms with Crippen molar-refractivity contribution >= 4 is 29.2 Å². The molecule has 1 N–H and O–H groups in total. The number of nitrogens with zero attached hydrogens (tertiary/aromatic N) is 3. The molecule has 30 heavy (non-hydrogen) atoms. The van der Waals surface area contributed by atoms with Crippen molar-refractivity contribution in [2.24, 2.45) is 4.99 Å². The van der Waals surface area contributed by atoms with E-state index in [2.05, 4.69) is 32.9 Å². The zero-order valence-electron chi connectivity index (χ0n) is 17.9. The van der Waals surface area contributed by atoms with Gasteiger partial charge in [0, 0.05) is 30.6 Å². The van der Waals surface area contributed by atoms with E-state index < -0.39 is 0 Å². The third-order valence-electron chi connectivity index (χ3n) is 5.67. The minimum atomic E-state index is -0.0605. The highest BCUT2D eigenvalue weighted by Gasteiger charge is 2.35. The average molecular weight is 423 g/mol. The fourth-order valence-corrected chi connectivity index (χ4v) is 4.96. The normalized spacial score (nSPS) is 16.2. The molecule has 1 aliphatic carbocycles. The lowest BCUT2D eigenvalue weighted by Crippen LogP contribution is -2.42. The maximum atomic E-state index is 13.1. The van der Waals surface area contributed by atoms with Crippen molar-refractivity contribution in [3.05, 3.63) is 64.4 Å². The second-order valence-electron chi connectivity index (χ2n) is 7.66. The van der Waals surface area contributed by atoms with E-state index in [4.69, 9.17) is 0 Å². The fraction of sp³-hybridized carbons (Fsp3) is 0.417. The second-order valence-corrected chi connectivity index (χ2v) is 8.66. The summed E-state index contributed by atoms with van der Waals surface area (Å²) in [6.45, 7) is 8.56. The summed E-state index contributed by atoms with van der Waals surface area (Å²) in [5, 5.41) is 3.90. The first-order valence-corrected chi connectivity index (χ1v) is 11.4. The molecule has 6 heteroatoms. The van der Waals surface area contributed by atoms with Crippen LogP contribution in [-0.2, 0) is 11.8 Å². The van der Waals surface area contributed by atoms with E-state index in [1.807, 2.05) is 38.3 Å². The van der Waals surface area contributed by atoms with Crippen molar-refractivity contribution in [2.45, 2.75) is 57.8 Å². The Morgan fingerprint density at radius 2 is 2.17 bits per heavy atom. The predicted molar refractivity (Wildman–Crippen MR) is 125 cm³/mol. The number of carbonyl (C=O) groups is 1. The van der Waals surface area contributed by atoms with Gasteiger partial charge in [0.05, 0.1) is 11.4 Å². The lowest BCUT2D eigenvalue weighted by molar-refractivity contribution is 0.0939. The number of carbonyl (C=O) groups excluding carboxylic acids is 1. The Labute approximate surface area is 183 Å². The maximum absolute atomic E-state index is 13.1. The standard InChI is InChI=1S/C24H30N4OS/c1-4-6-15-26-18(3)23-28-20(5-2)21(30-23)22(29)27-17-24(12-8-7-9-13-24)19-11-10-14-25-16-19/h4,6,10-11,14-16H,3,5,7-9,12-13,17H2,1-2H3,(H,27,29)/b6-4-,26-15?. The molecule has 158 valence electrons. The van der Waals surface area contributed by atoms with Gasteiger partial charge in [0.25, 0.3) is 5.91 Å². The Kier molecular flexibility index (Phi) is 7.69. The first kappa shape index (κ1) is 22.1. The molecule has 1 saturated carbocycles. The summed E-state index contributed by atoms with van der Waals surface area (Å²) in [5.74, 6) is -0.0605. The van der Waals surface area contributed by atoms with E-state index in [1.54, 1.807) is 12.4 Å². The number of thiazole rings is 1. The summed E-state index contributed by atoms with van der Waals surface area (Å²) in [4.78, 5) is 27.0. The Hall–Kier alpha value is -2.60. The highest BCUT2D eigenvalue weighted by Crippen LogP contribution is 2.38. The highest BCUT2D eigenvalue weighted by atomic mass is 32.1. The van der Waals surface area contributed by atoms with Crippen LogP contribution in [0.15, 0.2) is 48.2 Å². The van der Waals surface area contributed by atoms with Crippen molar-refractivity contribution in [1.29, 1.82) is 0 Å². The summed E-state index contributed by atoms with van der Waals surface area (Å²) in [7, 11) is 0. The number of amides is 1. The van der Waals surface area contributed by atoms with Gasteiger partial charge >= 0.3 is 0 Å². The van der Waals surface area contributed by atoms with Crippen LogP contribution in [0.4, 0.5) is 0 Å². The lowest BCUT2D eigenvalue weighted by atomic mass is 9.70. The van der Waals surface area contributed by atoms with Crippen LogP contribution in [0, 0.1) is 0 Å². The molecule has 0 spiro atoms. The fourth-order valence-electron chi connectivity index (χ4n) is 3.97. The summed E-state index contributed by atoms with van der Waals surface area (Å²) in [6, 6.07) is 4.12. The van der Waals surface area contributed by atoms with Gasteiger partial charge in [0.2, 0.25) is 0 Å². The summed E-state index contributed by atoms with van der Waals surface area (Å²) >= 11 is 1.37. The zero-order valence-corrected chi connectivity index (χ0v) is 18.7. The Morgan fingerprint density at radius 3 is 2.83 bits per heavy atom. The molecule has 1 amide bonds. The van der Waals surface area contributed by atoms with Crippen LogP contribution >= 0.6 is 11.3 Å². The number of aromatic nitrogens is 2. The van der Waals surface area contributed by atoms with Gasteiger partial charge in [-0.3, -0.25) is 14.8 Å². The molecule has 0 unspecified atom stereocenters. The van der Waals surface area contributed by atoms with Gasteiger partial charge in [-0.2, -0.15) is 0 Å². The second kappa shape index (κ2) is 10.4. The minimum Gasteiger partial charge on any atom is -0.350 e. The molecule has 3 rings (SSSR count). The molecule has 0 saturated heterocycles. The molecule has 1 aliphatic rings. The van der Waals surface area contributed by atoms with Gasteiger partial charge in [0.15, 0.2) is 0 Å². The number of nitrogens with one attached hydrogen (secondary N) is 1. The van der Waals surface area contributed by atoms with E-state index in [9.17, 15) is 4.79 Å². The third kappa shape index (κ3) is 5.11. The number of aryl methyl sites for hydroxylation is 1. The van der Waals surface area contributed by atoms with Gasteiger partial charge in [-0.05, 0) is 43.9 Å². The SMILES string of the molecule is C=C(N=C/C=C\C)c1nc(CC)c(C(=O)NCC2(c3cccnc3)CCCCC2)s1. The van der Waals surface area contributed by atoms with Gasteiger partial charge in [-0.1, -0.05) is 44.9 Å². The van der Waals surface area contributed by atoms with E-state index in [-0.39, 0.29) is 11.3 Å². The molecule has 2 aromatic rings. The Balaban J connectivity index is 1.77. The first-order chi connectivity index (χ1) is 14.6. The molecule has 0 aliphatic heterocycles. The predicted octanol–water partition coefficient (Wildman–Crippen LogP) is 5.35. The highest BCUT2D eigenvalue weighted by molar-refractivity contribution is 7.14. The van der Waals surface area contributed by atoms with Crippen molar-refractivity contribution in [3.63, 3.8) is 0 Å². The average Bonchev–Trinajstić information content (AvgIpc) is 3.24. The number of hydrogen-bond acceptors (Lipinski definition) is 5. The minimum absolute atomic E-state index is 0.0392. The van der Waals surface area contributed by atoms with Gasteiger partial charge < -0.3 is 5.32 Å². The van der Waals surface area contributed by atoms with E-state index in [0.29, 0.717) is 28.5 Å². The number of rotatable bonds is 8. The van der Waals surface area contributed by atoms with Crippen LogP contribution in [0.2, 0.25) is 0 Å². The lowest BCUT2D eigenvalue weighted by Gasteiger charge is -2.37. The molecule has 5 nitrogen and oxygen atoms in total. The first-order valence-electron chi connectivity index (χ1n) is 10.6. The van der Waals surface area contributed by atoms with Crippen LogP contribution in [0.25, 0.3) is 5.70 Å². The van der Waals surface area contributed by atoms with Crippen molar-refractivity contribution in [1.82, 2.24) is 15.3 Å². The summed E-state index contributed by atoms with van der Waals surface area (Å²) in [5.41, 5.74) is 2.56. The van der Waals surface area contributed by atoms with Crippen LogP contribution in [-0.4, -0.2) is 28.6 Å². The smallest absolute Gasteiger partial charge is 0.263 e. The van der Waals surface area contributed by atoms with E-state index >= 15 is 0 Å². The topological polar surface area (TPSA) is 67.2 Å². The van der Waals surface area contributed by atoms with Crippen molar-refractivity contribution < 1.29 is 4.79 Å². The van der Waals surface area contributed by atoms with Gasteiger partial charge in [0.1, 0.15) is 9.88 Å². The molecular formula is C24H30N4OS. The number of aliphatic imine (C=N–C) groups is 1. The molecule has 2 aromatic heterocycles. The Bertz CT molecular complexity index is 924.